The van der Waals surface area contributed by atoms with E-state index in [-0.39, 0.29) is 18.2 Å². The average molecular weight is 535 g/mol. The van der Waals surface area contributed by atoms with Crippen molar-refractivity contribution in [2.24, 2.45) is 11.7 Å². The summed E-state index contributed by atoms with van der Waals surface area (Å²) in [6, 6.07) is 7.25. The Kier molecular flexibility index (Phi) is 8.79. The summed E-state index contributed by atoms with van der Waals surface area (Å²) < 4.78 is 30.9. The van der Waals surface area contributed by atoms with Gasteiger partial charge < -0.3 is 19.8 Å². The molecule has 9 heteroatoms. The highest BCUT2D eigenvalue weighted by atomic mass is 32.2. The van der Waals surface area contributed by atoms with Crippen molar-refractivity contribution in [3.05, 3.63) is 29.6 Å². The first-order chi connectivity index (χ1) is 16.9. The van der Waals surface area contributed by atoms with Gasteiger partial charge >= 0.3 is 0 Å². The molecule has 2 aromatic rings. The quantitative estimate of drug-likeness (QED) is 0.297. The predicted molar refractivity (Wildman–Crippen MR) is 151 cm³/mol. The first-order valence-electron chi connectivity index (χ1n) is 13.6. The summed E-state index contributed by atoms with van der Waals surface area (Å²) in [6.45, 7) is 14.9. The van der Waals surface area contributed by atoms with Crippen LogP contribution in [0.25, 0.3) is 11.0 Å². The van der Waals surface area contributed by atoms with Crippen LogP contribution in [0.1, 0.15) is 76.3 Å². The second kappa shape index (κ2) is 11.3. The Morgan fingerprint density at radius 1 is 1.25 bits per heavy atom. The van der Waals surface area contributed by atoms with E-state index in [4.69, 9.17) is 20.2 Å². The predicted octanol–water partition coefficient (Wildman–Crippen LogP) is 5.42. The molecular formula is C27H46N4O3SSi. The summed E-state index contributed by atoms with van der Waals surface area (Å²) in [5, 5.41) is 0. The van der Waals surface area contributed by atoms with Crippen LogP contribution < -0.4 is 10.5 Å². The number of hydrogen-bond donors (Lipinski definition) is 2. The molecular weight excluding hydrogens is 488 g/mol. The summed E-state index contributed by atoms with van der Waals surface area (Å²) in [5.74, 6) is 1.41. The van der Waals surface area contributed by atoms with Gasteiger partial charge in [0.1, 0.15) is 18.6 Å². The van der Waals surface area contributed by atoms with E-state index >= 15 is 0 Å². The van der Waals surface area contributed by atoms with Crippen molar-refractivity contribution in [1.82, 2.24) is 14.3 Å². The summed E-state index contributed by atoms with van der Waals surface area (Å²) in [5.41, 5.74) is 9.66. The van der Waals surface area contributed by atoms with Crippen molar-refractivity contribution in [2.45, 2.75) is 108 Å². The maximum atomic E-state index is 13.3. The topological polar surface area (TPSA) is 91.4 Å². The Morgan fingerprint density at radius 3 is 2.61 bits per heavy atom. The van der Waals surface area contributed by atoms with Gasteiger partial charge in [-0.05, 0) is 82.5 Å². The van der Waals surface area contributed by atoms with Crippen molar-refractivity contribution in [2.75, 3.05) is 13.2 Å². The normalized spacial score (nSPS) is 22.0. The minimum atomic E-state index is -1.27. The van der Waals surface area contributed by atoms with Gasteiger partial charge in [0, 0.05) is 27.3 Å². The first kappa shape index (κ1) is 27.9. The molecule has 1 aromatic carbocycles. The van der Waals surface area contributed by atoms with Crippen LogP contribution in [0.15, 0.2) is 18.2 Å². The number of ether oxygens (including phenoxy) is 2. The van der Waals surface area contributed by atoms with Crippen LogP contribution >= 0.6 is 0 Å². The highest BCUT2D eigenvalue weighted by molar-refractivity contribution is 7.84. The van der Waals surface area contributed by atoms with Gasteiger partial charge in [-0.15, -0.1) is 0 Å². The van der Waals surface area contributed by atoms with E-state index in [0.717, 1.165) is 60.9 Å². The molecule has 7 nitrogen and oxygen atoms in total. The number of imidazole rings is 1. The van der Waals surface area contributed by atoms with Crippen molar-refractivity contribution in [3.63, 3.8) is 0 Å². The molecule has 36 heavy (non-hydrogen) atoms. The molecule has 4 rings (SSSR count). The minimum absolute atomic E-state index is 0.0537. The first-order valence-corrected chi connectivity index (χ1v) is 18.4. The minimum Gasteiger partial charge on any atom is -0.376 e. The number of nitrogens with one attached hydrogen (secondary N) is 1. The summed E-state index contributed by atoms with van der Waals surface area (Å²) >= 11 is 0. The Bertz CT molecular complexity index is 1050. The molecule has 2 fully saturated rings. The van der Waals surface area contributed by atoms with Gasteiger partial charge in [-0.25, -0.2) is 13.9 Å². The molecule has 0 spiro atoms. The molecule has 1 aliphatic heterocycles. The fourth-order valence-corrected chi connectivity index (χ4v) is 6.21. The molecule has 1 saturated heterocycles. The van der Waals surface area contributed by atoms with Gasteiger partial charge in [-0.3, -0.25) is 0 Å². The number of benzene rings is 1. The smallest absolute Gasteiger partial charge is 0.132 e. The molecule has 1 aromatic heterocycles. The largest absolute Gasteiger partial charge is 0.376 e. The van der Waals surface area contributed by atoms with Crippen molar-refractivity contribution in [3.8, 4) is 0 Å². The highest BCUT2D eigenvalue weighted by Gasteiger charge is 2.35. The zero-order valence-corrected chi connectivity index (χ0v) is 24.8. The lowest BCUT2D eigenvalue weighted by atomic mass is 10.0. The molecule has 2 heterocycles. The van der Waals surface area contributed by atoms with Crippen molar-refractivity contribution in [1.29, 1.82) is 0 Å². The Balaban J connectivity index is 1.72. The molecule has 0 radical (unpaired) electrons. The van der Waals surface area contributed by atoms with Crippen LogP contribution in [0.5, 0.6) is 0 Å². The molecule has 202 valence electrons. The molecule has 4 atom stereocenters. The Hall–Kier alpha value is -1.10. The molecule has 1 saturated carbocycles. The van der Waals surface area contributed by atoms with Gasteiger partial charge in [0.25, 0.3) is 0 Å². The zero-order chi connectivity index (χ0) is 26.1. The molecule has 1 aliphatic carbocycles. The SMILES string of the molecule is CC(C)(C)[S@@](=O)NC(c1nc2ccc([C@H](N)C3CC3)cc2n1COCC[Si](C)(C)C)[C@@H]1CCCCO1. The van der Waals surface area contributed by atoms with Gasteiger partial charge in [-0.2, -0.15) is 0 Å². The van der Waals surface area contributed by atoms with E-state index in [0.29, 0.717) is 12.6 Å². The van der Waals surface area contributed by atoms with E-state index in [1.165, 1.54) is 12.8 Å². The lowest BCUT2D eigenvalue weighted by Gasteiger charge is -2.32. The maximum Gasteiger partial charge on any atom is 0.132 e. The fraction of sp³-hybridized carbons (Fsp3) is 0.741. The van der Waals surface area contributed by atoms with Crippen LogP contribution in [0.3, 0.4) is 0 Å². The number of hydrogen-bond acceptors (Lipinski definition) is 5. The molecule has 1 unspecified atom stereocenters. The van der Waals surface area contributed by atoms with Crippen LogP contribution in [0.2, 0.25) is 25.7 Å². The lowest BCUT2D eigenvalue weighted by molar-refractivity contribution is -0.00732. The van der Waals surface area contributed by atoms with Crippen LogP contribution in [-0.4, -0.2) is 45.9 Å². The molecule has 0 amide bonds. The van der Waals surface area contributed by atoms with E-state index < -0.39 is 23.8 Å². The highest BCUT2D eigenvalue weighted by Crippen LogP contribution is 2.40. The van der Waals surface area contributed by atoms with E-state index in [9.17, 15) is 4.21 Å². The van der Waals surface area contributed by atoms with E-state index in [1.54, 1.807) is 0 Å². The van der Waals surface area contributed by atoms with Crippen LogP contribution in [0.4, 0.5) is 0 Å². The van der Waals surface area contributed by atoms with Crippen molar-refractivity contribution < 1.29 is 13.7 Å². The third-order valence-corrected chi connectivity index (χ3v) is 10.5. The fourth-order valence-electron chi connectivity index (χ4n) is 4.62. The van der Waals surface area contributed by atoms with Crippen molar-refractivity contribution >= 4 is 30.1 Å². The number of fused-ring (bicyclic) bond motifs is 1. The maximum absolute atomic E-state index is 13.3. The van der Waals surface area contributed by atoms with E-state index in [1.807, 2.05) is 20.8 Å². The molecule has 0 bridgehead atoms. The van der Waals surface area contributed by atoms with Gasteiger partial charge in [-0.1, -0.05) is 25.7 Å². The summed E-state index contributed by atoms with van der Waals surface area (Å²) in [4.78, 5) is 5.09. The number of nitrogens with zero attached hydrogens (tertiary/aromatic N) is 2. The van der Waals surface area contributed by atoms with Crippen LogP contribution in [-0.2, 0) is 27.2 Å². The summed E-state index contributed by atoms with van der Waals surface area (Å²) in [6.07, 6.45) is 5.38. The third kappa shape index (κ3) is 7.05. The number of rotatable bonds is 11. The van der Waals surface area contributed by atoms with Gasteiger partial charge in [0.2, 0.25) is 0 Å². The second-order valence-electron chi connectivity index (χ2n) is 12.7. The zero-order valence-electron chi connectivity index (χ0n) is 23.0. The third-order valence-electron chi connectivity index (χ3n) is 7.19. The Morgan fingerprint density at radius 2 is 2.00 bits per heavy atom. The molecule has 3 N–H and O–H groups in total. The number of aromatic nitrogens is 2. The van der Waals surface area contributed by atoms with Crippen LogP contribution in [0, 0.1) is 5.92 Å². The Labute approximate surface area is 220 Å². The molecule has 2 aliphatic rings. The standard InChI is InChI=1S/C27H46N4O3SSi/c1-27(2,3)35(32)30-25(23-9-7-8-14-34-23)26-29-21-13-12-20(24(28)19-10-11-19)17-22(21)31(26)18-33-15-16-36(4,5)6/h12-13,17,19,23-25,30H,7-11,14-16,18,28H2,1-6H3/t23-,24+,25?,35+/m0/s1. The monoisotopic (exact) mass is 534 g/mol. The van der Waals surface area contributed by atoms with Gasteiger partial charge in [0.15, 0.2) is 0 Å². The number of nitrogens with two attached hydrogens (primary N) is 1. The van der Waals surface area contributed by atoms with Gasteiger partial charge in [0.05, 0.1) is 32.9 Å². The lowest BCUT2D eigenvalue weighted by Crippen LogP contribution is -2.43. The van der Waals surface area contributed by atoms with E-state index in [2.05, 4.69) is 47.1 Å². The average Bonchev–Trinajstić information content (AvgIpc) is 3.60. The summed E-state index contributed by atoms with van der Waals surface area (Å²) in [7, 11) is -2.47. The second-order valence-corrected chi connectivity index (χ2v) is 20.4.